The zero-order chi connectivity index (χ0) is 15.2. The van der Waals surface area contributed by atoms with Gasteiger partial charge in [-0.25, -0.2) is 4.79 Å². The minimum Gasteiger partial charge on any atom is -0.465 e. The zero-order valence-electron chi connectivity index (χ0n) is 11.6. The van der Waals surface area contributed by atoms with E-state index in [0.29, 0.717) is 23.4 Å². The second kappa shape index (κ2) is 6.56. The Morgan fingerprint density at radius 3 is 2.43 bits per heavy atom. The third-order valence-electron chi connectivity index (χ3n) is 2.98. The largest absolute Gasteiger partial charge is 0.465 e. The predicted octanol–water partition coefficient (Wildman–Crippen LogP) is 1.99. The molecule has 5 heteroatoms. The number of methoxy groups -OCH3 is 1. The van der Waals surface area contributed by atoms with Crippen molar-refractivity contribution in [3.8, 4) is 0 Å². The average molecular weight is 284 g/mol. The maximum absolute atomic E-state index is 12.0. The molecular formula is C16H16N2O3. The Hall–Kier alpha value is -2.82. The monoisotopic (exact) mass is 284 g/mol. The molecule has 0 aliphatic rings. The molecule has 0 spiro atoms. The van der Waals surface area contributed by atoms with Crippen molar-refractivity contribution in [1.29, 1.82) is 0 Å². The fourth-order valence-corrected chi connectivity index (χ4v) is 1.84. The highest BCUT2D eigenvalue weighted by atomic mass is 16.5. The number of nitrogens with one attached hydrogen (secondary N) is 1. The molecule has 0 fully saturated rings. The molecule has 0 aliphatic carbocycles. The highest BCUT2D eigenvalue weighted by molar-refractivity contribution is 5.95. The van der Waals surface area contributed by atoms with Crippen molar-refractivity contribution in [3.05, 3.63) is 65.2 Å². The molecule has 0 aromatic heterocycles. The molecule has 21 heavy (non-hydrogen) atoms. The number of hydrogen-bond donors (Lipinski definition) is 2. The van der Waals surface area contributed by atoms with Gasteiger partial charge in [-0.3, -0.25) is 4.79 Å². The number of hydrogen-bond acceptors (Lipinski definition) is 4. The minimum absolute atomic E-state index is 0.195. The average Bonchev–Trinajstić information content (AvgIpc) is 2.52. The first-order valence-corrected chi connectivity index (χ1v) is 6.41. The summed E-state index contributed by atoms with van der Waals surface area (Å²) in [5.41, 5.74) is 8.06. The molecule has 0 saturated carbocycles. The van der Waals surface area contributed by atoms with E-state index in [0.717, 1.165) is 5.56 Å². The second-order valence-corrected chi connectivity index (χ2v) is 4.50. The number of nitrogen functional groups attached to an aromatic ring is 1. The molecule has 0 heterocycles. The van der Waals surface area contributed by atoms with Gasteiger partial charge in [-0.2, -0.15) is 0 Å². The maximum atomic E-state index is 12.0. The number of amides is 1. The maximum Gasteiger partial charge on any atom is 0.337 e. The summed E-state index contributed by atoms with van der Waals surface area (Å²) in [6, 6.07) is 13.6. The van der Waals surface area contributed by atoms with Crippen LogP contribution < -0.4 is 11.1 Å². The van der Waals surface area contributed by atoms with Crippen molar-refractivity contribution in [2.24, 2.45) is 0 Å². The Kier molecular flexibility index (Phi) is 4.56. The van der Waals surface area contributed by atoms with Crippen molar-refractivity contribution in [2.75, 3.05) is 12.8 Å². The van der Waals surface area contributed by atoms with E-state index in [4.69, 9.17) is 5.73 Å². The van der Waals surface area contributed by atoms with Crippen LogP contribution in [0.25, 0.3) is 0 Å². The molecule has 0 bridgehead atoms. The molecule has 1 amide bonds. The number of carbonyl (C=O) groups is 2. The van der Waals surface area contributed by atoms with Crippen molar-refractivity contribution in [1.82, 2.24) is 5.32 Å². The van der Waals surface area contributed by atoms with E-state index >= 15 is 0 Å². The Morgan fingerprint density at radius 1 is 1.10 bits per heavy atom. The van der Waals surface area contributed by atoms with Gasteiger partial charge in [0, 0.05) is 17.8 Å². The molecule has 0 aliphatic heterocycles. The number of esters is 1. The SMILES string of the molecule is COC(=O)c1ccc(CNC(=O)c2cccc(N)c2)cc1. The van der Waals surface area contributed by atoms with Crippen LogP contribution in [0, 0.1) is 0 Å². The van der Waals surface area contributed by atoms with Gasteiger partial charge in [0.15, 0.2) is 0 Å². The molecule has 2 rings (SSSR count). The molecule has 0 atom stereocenters. The normalized spacial score (nSPS) is 9.95. The highest BCUT2D eigenvalue weighted by Crippen LogP contribution is 2.08. The molecule has 108 valence electrons. The molecular weight excluding hydrogens is 268 g/mol. The van der Waals surface area contributed by atoms with Crippen LogP contribution in [-0.4, -0.2) is 19.0 Å². The number of nitrogens with two attached hydrogens (primary N) is 1. The number of rotatable bonds is 4. The lowest BCUT2D eigenvalue weighted by atomic mass is 10.1. The standard InChI is InChI=1S/C16H16N2O3/c1-21-16(20)12-7-5-11(6-8-12)10-18-15(19)13-3-2-4-14(17)9-13/h2-9H,10,17H2,1H3,(H,18,19). The molecule has 0 unspecified atom stereocenters. The van der Waals surface area contributed by atoms with Crippen LogP contribution in [0.3, 0.4) is 0 Å². The molecule has 0 radical (unpaired) electrons. The fraction of sp³-hybridized carbons (Fsp3) is 0.125. The first kappa shape index (κ1) is 14.6. The van der Waals surface area contributed by atoms with Gasteiger partial charge < -0.3 is 15.8 Å². The quantitative estimate of drug-likeness (QED) is 0.664. The van der Waals surface area contributed by atoms with E-state index in [2.05, 4.69) is 10.1 Å². The summed E-state index contributed by atoms with van der Waals surface area (Å²) in [5.74, 6) is -0.579. The predicted molar refractivity (Wildman–Crippen MR) is 79.8 cm³/mol. The van der Waals surface area contributed by atoms with Gasteiger partial charge in [-0.05, 0) is 35.9 Å². The lowest BCUT2D eigenvalue weighted by Gasteiger charge is -2.06. The summed E-state index contributed by atoms with van der Waals surface area (Å²) in [4.78, 5) is 23.3. The summed E-state index contributed by atoms with van der Waals surface area (Å²) in [6.07, 6.45) is 0. The van der Waals surface area contributed by atoms with E-state index in [1.165, 1.54) is 7.11 Å². The topological polar surface area (TPSA) is 81.4 Å². The van der Waals surface area contributed by atoms with E-state index < -0.39 is 0 Å². The third kappa shape index (κ3) is 3.82. The van der Waals surface area contributed by atoms with Crippen LogP contribution in [0.4, 0.5) is 5.69 Å². The Balaban J connectivity index is 1.97. The van der Waals surface area contributed by atoms with E-state index in [9.17, 15) is 9.59 Å². The summed E-state index contributed by atoms with van der Waals surface area (Å²) in [6.45, 7) is 0.370. The Bertz CT molecular complexity index is 651. The number of carbonyl (C=O) groups excluding carboxylic acids is 2. The van der Waals surface area contributed by atoms with Crippen LogP contribution in [0.2, 0.25) is 0 Å². The smallest absolute Gasteiger partial charge is 0.337 e. The number of benzene rings is 2. The van der Waals surface area contributed by atoms with E-state index in [1.807, 2.05) is 0 Å². The van der Waals surface area contributed by atoms with Gasteiger partial charge in [0.25, 0.3) is 5.91 Å². The van der Waals surface area contributed by atoms with Gasteiger partial charge in [-0.1, -0.05) is 18.2 Å². The van der Waals surface area contributed by atoms with Gasteiger partial charge in [-0.15, -0.1) is 0 Å². The lowest BCUT2D eigenvalue weighted by molar-refractivity contribution is 0.0600. The lowest BCUT2D eigenvalue weighted by Crippen LogP contribution is -2.22. The highest BCUT2D eigenvalue weighted by Gasteiger charge is 2.07. The molecule has 2 aromatic carbocycles. The number of ether oxygens (including phenoxy) is 1. The van der Waals surface area contributed by atoms with Crippen LogP contribution in [-0.2, 0) is 11.3 Å². The van der Waals surface area contributed by atoms with Crippen molar-refractivity contribution in [3.63, 3.8) is 0 Å². The minimum atomic E-state index is -0.384. The summed E-state index contributed by atoms with van der Waals surface area (Å²) in [7, 11) is 1.34. The van der Waals surface area contributed by atoms with E-state index in [1.54, 1.807) is 48.5 Å². The fourth-order valence-electron chi connectivity index (χ4n) is 1.84. The van der Waals surface area contributed by atoms with Crippen LogP contribution in [0.1, 0.15) is 26.3 Å². The van der Waals surface area contributed by atoms with Crippen LogP contribution in [0.15, 0.2) is 48.5 Å². The van der Waals surface area contributed by atoms with Crippen LogP contribution >= 0.6 is 0 Å². The van der Waals surface area contributed by atoms with Gasteiger partial charge in [0.1, 0.15) is 0 Å². The third-order valence-corrected chi connectivity index (χ3v) is 2.98. The van der Waals surface area contributed by atoms with Gasteiger partial charge in [0.05, 0.1) is 12.7 Å². The first-order chi connectivity index (χ1) is 10.1. The number of anilines is 1. The molecule has 5 nitrogen and oxygen atoms in total. The van der Waals surface area contributed by atoms with E-state index in [-0.39, 0.29) is 11.9 Å². The molecule has 2 aromatic rings. The molecule has 0 saturated heterocycles. The summed E-state index contributed by atoms with van der Waals surface area (Å²) in [5, 5.41) is 2.79. The Labute approximate surface area is 122 Å². The van der Waals surface area contributed by atoms with Gasteiger partial charge in [0.2, 0.25) is 0 Å². The zero-order valence-corrected chi connectivity index (χ0v) is 11.6. The van der Waals surface area contributed by atoms with Crippen molar-refractivity contribution < 1.29 is 14.3 Å². The van der Waals surface area contributed by atoms with Crippen molar-refractivity contribution >= 4 is 17.6 Å². The Morgan fingerprint density at radius 2 is 1.81 bits per heavy atom. The van der Waals surface area contributed by atoms with Gasteiger partial charge >= 0.3 is 5.97 Å². The van der Waals surface area contributed by atoms with Crippen molar-refractivity contribution in [2.45, 2.75) is 6.54 Å². The summed E-state index contributed by atoms with van der Waals surface area (Å²) >= 11 is 0. The molecule has 3 N–H and O–H groups in total. The second-order valence-electron chi connectivity index (χ2n) is 4.50. The van der Waals surface area contributed by atoms with Crippen LogP contribution in [0.5, 0.6) is 0 Å². The first-order valence-electron chi connectivity index (χ1n) is 6.41. The summed E-state index contributed by atoms with van der Waals surface area (Å²) < 4.78 is 4.62.